The Balaban J connectivity index is 0.00000256. The summed E-state index contributed by atoms with van der Waals surface area (Å²) in [6.07, 6.45) is -1.06. The quantitative estimate of drug-likeness (QED) is 0.566. The number of piperazine rings is 1. The molecule has 3 rings (SSSR count). The van der Waals surface area contributed by atoms with Crippen molar-refractivity contribution in [3.05, 3.63) is 29.8 Å². The van der Waals surface area contributed by atoms with E-state index in [1.54, 1.807) is 6.07 Å². The molecule has 0 atom stereocenters. The Morgan fingerprint density at radius 2 is 1.69 bits per heavy atom. The molecule has 1 aromatic carbocycles. The Morgan fingerprint density at radius 1 is 1.03 bits per heavy atom. The number of halogens is 5. The number of nitrogens with zero attached hydrogens (tertiary/aromatic N) is 4. The van der Waals surface area contributed by atoms with Crippen molar-refractivity contribution < 1.29 is 18.0 Å². The molecule has 10 heteroatoms. The summed E-state index contributed by atoms with van der Waals surface area (Å²) in [6.45, 7) is 6.40. The van der Waals surface area contributed by atoms with Gasteiger partial charge in [-0.2, -0.15) is 18.4 Å². The van der Waals surface area contributed by atoms with Gasteiger partial charge in [0.1, 0.15) is 0 Å². The number of likely N-dealkylation sites (tertiary alicyclic amines) is 1. The van der Waals surface area contributed by atoms with Gasteiger partial charge in [0, 0.05) is 31.9 Å². The number of nitriles is 1. The lowest BCUT2D eigenvalue weighted by molar-refractivity contribution is -0.137. The predicted octanol–water partition coefficient (Wildman–Crippen LogP) is 4.26. The normalized spacial score (nSPS) is 18.4. The fourth-order valence-corrected chi connectivity index (χ4v) is 4.30. The van der Waals surface area contributed by atoms with E-state index < -0.39 is 11.7 Å². The van der Waals surface area contributed by atoms with E-state index in [4.69, 9.17) is 5.26 Å². The summed E-state index contributed by atoms with van der Waals surface area (Å²) in [5.41, 5.74) is 0.0471. The minimum absolute atomic E-state index is 0. The second-order valence-corrected chi connectivity index (χ2v) is 8.26. The smallest absolute Gasteiger partial charge is 0.369 e. The number of carbonyl (C=O) groups is 1. The van der Waals surface area contributed by atoms with Crippen LogP contribution in [0.2, 0.25) is 0 Å². The third-order valence-corrected chi connectivity index (χ3v) is 6.15. The highest BCUT2D eigenvalue weighted by Crippen LogP contribution is 2.32. The first-order valence-corrected chi connectivity index (χ1v) is 10.6. The molecule has 2 aliphatic heterocycles. The molecule has 0 aromatic heterocycles. The van der Waals surface area contributed by atoms with Gasteiger partial charge in [-0.3, -0.25) is 14.6 Å². The average molecular weight is 495 g/mol. The van der Waals surface area contributed by atoms with E-state index in [9.17, 15) is 18.0 Å². The van der Waals surface area contributed by atoms with E-state index in [2.05, 4.69) is 9.80 Å². The van der Waals surface area contributed by atoms with Crippen LogP contribution in [0.15, 0.2) is 24.3 Å². The van der Waals surface area contributed by atoms with Crippen LogP contribution in [-0.2, 0) is 11.0 Å². The first kappa shape index (κ1) is 28.5. The standard InChI is InChI=1S/C22H29F3N4O.2ClH/c23-22(24,25)19-2-1-3-20(16-19)29-14-12-27(13-15-29)9-5-18-6-10-28(11-7-18)17-21(30)4-8-26;;/h1-3,16,18H,4-7,9-15,17H2;2*1H. The molecule has 180 valence electrons. The molecule has 0 bridgehead atoms. The highest BCUT2D eigenvalue weighted by Gasteiger charge is 2.31. The molecular formula is C22H31Cl2F3N4O. The van der Waals surface area contributed by atoms with E-state index in [1.165, 1.54) is 12.1 Å². The zero-order chi connectivity index (χ0) is 21.6. The fourth-order valence-electron chi connectivity index (χ4n) is 4.30. The van der Waals surface area contributed by atoms with E-state index in [-0.39, 0.29) is 37.0 Å². The summed E-state index contributed by atoms with van der Waals surface area (Å²) in [5, 5.41) is 8.59. The highest BCUT2D eigenvalue weighted by atomic mass is 35.5. The largest absolute Gasteiger partial charge is 0.416 e. The van der Waals surface area contributed by atoms with Crippen molar-refractivity contribution in [2.75, 3.05) is 57.3 Å². The molecule has 2 aliphatic rings. The first-order valence-electron chi connectivity index (χ1n) is 10.6. The van der Waals surface area contributed by atoms with Crippen LogP contribution in [0.3, 0.4) is 0 Å². The van der Waals surface area contributed by atoms with Gasteiger partial charge in [0.2, 0.25) is 0 Å². The topological polar surface area (TPSA) is 50.6 Å². The Labute approximate surface area is 200 Å². The first-order chi connectivity index (χ1) is 14.3. The van der Waals surface area contributed by atoms with Crippen molar-refractivity contribution in [1.29, 1.82) is 5.26 Å². The Hall–Kier alpha value is -1.53. The summed E-state index contributed by atoms with van der Waals surface area (Å²) >= 11 is 0. The van der Waals surface area contributed by atoms with Gasteiger partial charge in [-0.05, 0) is 63.0 Å². The number of anilines is 1. The molecule has 0 saturated carbocycles. The average Bonchev–Trinajstić information content (AvgIpc) is 2.73. The summed E-state index contributed by atoms with van der Waals surface area (Å²) in [6, 6.07) is 7.49. The van der Waals surface area contributed by atoms with E-state index in [0.717, 1.165) is 71.1 Å². The minimum Gasteiger partial charge on any atom is -0.369 e. The Kier molecular flexibility index (Phi) is 11.8. The van der Waals surface area contributed by atoms with Crippen LogP contribution >= 0.6 is 24.8 Å². The molecule has 0 amide bonds. The fraction of sp³-hybridized carbons (Fsp3) is 0.636. The summed E-state index contributed by atoms with van der Waals surface area (Å²) in [4.78, 5) is 18.2. The van der Waals surface area contributed by atoms with Gasteiger partial charge in [-0.1, -0.05) is 6.07 Å². The number of alkyl halides is 3. The van der Waals surface area contributed by atoms with Crippen LogP contribution in [0, 0.1) is 17.2 Å². The molecule has 0 unspecified atom stereocenters. The second kappa shape index (κ2) is 13.2. The number of piperidine rings is 1. The maximum atomic E-state index is 12.9. The van der Waals surface area contributed by atoms with Crippen LogP contribution in [0.25, 0.3) is 0 Å². The summed E-state index contributed by atoms with van der Waals surface area (Å²) < 4.78 is 38.8. The maximum Gasteiger partial charge on any atom is 0.416 e. The monoisotopic (exact) mass is 494 g/mol. The molecule has 32 heavy (non-hydrogen) atoms. The van der Waals surface area contributed by atoms with Gasteiger partial charge in [-0.15, -0.1) is 24.8 Å². The van der Waals surface area contributed by atoms with E-state index in [0.29, 0.717) is 18.2 Å². The molecular weight excluding hydrogens is 464 g/mol. The number of carbonyl (C=O) groups excluding carboxylic acids is 1. The van der Waals surface area contributed by atoms with Crippen LogP contribution in [0.4, 0.5) is 18.9 Å². The number of hydrogen-bond donors (Lipinski definition) is 0. The van der Waals surface area contributed by atoms with Gasteiger partial charge >= 0.3 is 6.18 Å². The predicted molar refractivity (Wildman–Crippen MR) is 124 cm³/mol. The molecule has 0 aliphatic carbocycles. The van der Waals surface area contributed by atoms with E-state index in [1.807, 2.05) is 11.0 Å². The number of Topliss-reactive ketones (excluding diaryl/α,β-unsaturated/α-hetero) is 1. The molecule has 0 N–H and O–H groups in total. The van der Waals surface area contributed by atoms with E-state index >= 15 is 0 Å². The van der Waals surface area contributed by atoms with Crippen molar-refractivity contribution in [2.45, 2.75) is 31.9 Å². The van der Waals surface area contributed by atoms with Crippen molar-refractivity contribution in [3.8, 4) is 6.07 Å². The lowest BCUT2D eigenvalue weighted by Crippen LogP contribution is -2.47. The molecule has 0 radical (unpaired) electrons. The van der Waals surface area contributed by atoms with Crippen LogP contribution in [0.5, 0.6) is 0 Å². The summed E-state index contributed by atoms with van der Waals surface area (Å²) in [7, 11) is 0. The van der Waals surface area contributed by atoms with Crippen LogP contribution < -0.4 is 4.90 Å². The van der Waals surface area contributed by atoms with Crippen LogP contribution in [-0.4, -0.2) is 67.9 Å². The summed E-state index contributed by atoms with van der Waals surface area (Å²) in [5.74, 6) is 0.642. The molecule has 5 nitrogen and oxygen atoms in total. The number of rotatable bonds is 7. The number of benzene rings is 1. The SMILES string of the molecule is Cl.Cl.N#CCC(=O)CN1CCC(CCN2CCN(c3cccc(C(F)(F)F)c3)CC2)CC1. The highest BCUT2D eigenvalue weighted by molar-refractivity contribution is 5.85. The van der Waals surface area contributed by atoms with Crippen molar-refractivity contribution >= 4 is 36.3 Å². The maximum absolute atomic E-state index is 12.9. The molecule has 2 fully saturated rings. The van der Waals surface area contributed by atoms with Crippen molar-refractivity contribution in [2.24, 2.45) is 5.92 Å². The van der Waals surface area contributed by atoms with Gasteiger partial charge < -0.3 is 4.90 Å². The second-order valence-electron chi connectivity index (χ2n) is 8.26. The van der Waals surface area contributed by atoms with Crippen molar-refractivity contribution in [1.82, 2.24) is 9.80 Å². The lowest BCUT2D eigenvalue weighted by atomic mass is 9.93. The van der Waals surface area contributed by atoms with Gasteiger partial charge in [-0.25, -0.2) is 0 Å². The molecule has 2 heterocycles. The zero-order valence-corrected chi connectivity index (χ0v) is 19.7. The van der Waals surface area contributed by atoms with Crippen molar-refractivity contribution in [3.63, 3.8) is 0 Å². The number of ketones is 1. The van der Waals surface area contributed by atoms with Gasteiger partial charge in [0.05, 0.1) is 24.6 Å². The zero-order valence-electron chi connectivity index (χ0n) is 18.0. The Bertz CT molecular complexity index is 756. The lowest BCUT2D eigenvalue weighted by Gasteiger charge is -2.37. The number of hydrogen-bond acceptors (Lipinski definition) is 5. The molecule has 0 spiro atoms. The third-order valence-electron chi connectivity index (χ3n) is 6.15. The third kappa shape index (κ3) is 8.43. The minimum atomic E-state index is -4.31. The molecule has 2 saturated heterocycles. The Morgan fingerprint density at radius 3 is 2.28 bits per heavy atom. The van der Waals surface area contributed by atoms with Gasteiger partial charge in [0.15, 0.2) is 5.78 Å². The van der Waals surface area contributed by atoms with Gasteiger partial charge in [0.25, 0.3) is 0 Å². The van der Waals surface area contributed by atoms with Crippen LogP contribution in [0.1, 0.15) is 31.2 Å². The molecule has 1 aromatic rings.